The van der Waals surface area contributed by atoms with E-state index in [0.29, 0.717) is 12.8 Å². The first-order chi connectivity index (χ1) is 28.4. The lowest BCUT2D eigenvalue weighted by molar-refractivity contribution is -0.388. The Morgan fingerprint density at radius 1 is 0.683 bits per heavy atom. The van der Waals surface area contributed by atoms with E-state index in [-0.39, 0.29) is 28.6 Å². The summed E-state index contributed by atoms with van der Waals surface area (Å²) in [5.41, 5.74) is 0.246. The number of aliphatic hydroxyl groups is 10. The van der Waals surface area contributed by atoms with Gasteiger partial charge in [0.25, 0.3) is 0 Å². The molecule has 0 aromatic carbocycles. The molecule has 4 aliphatic carbocycles. The van der Waals surface area contributed by atoms with Crippen LogP contribution in [0, 0.1) is 22.7 Å². The molecule has 3 saturated carbocycles. The minimum Gasteiger partial charge on any atom is -0.431 e. The lowest BCUT2D eigenvalue weighted by Gasteiger charge is -2.62. The summed E-state index contributed by atoms with van der Waals surface area (Å²) in [4.78, 5) is 11.7. The van der Waals surface area contributed by atoms with Crippen LogP contribution < -0.4 is 5.63 Å². The Hall–Kier alpha value is -1.95. The molecule has 4 heterocycles. The topological polar surface area (TPSA) is 288 Å². The van der Waals surface area contributed by atoms with Gasteiger partial charge in [0.15, 0.2) is 18.9 Å². The molecule has 18 nitrogen and oxygen atoms in total. The molecule has 6 fully saturated rings. The summed E-state index contributed by atoms with van der Waals surface area (Å²) in [6.45, 7) is 4.39. The van der Waals surface area contributed by atoms with Crippen molar-refractivity contribution in [1.82, 2.24) is 0 Å². The van der Waals surface area contributed by atoms with E-state index in [1.807, 2.05) is 6.07 Å². The van der Waals surface area contributed by atoms with Crippen LogP contribution in [0.4, 0.5) is 0 Å². The van der Waals surface area contributed by atoms with Crippen LogP contribution in [0.25, 0.3) is 0 Å². The van der Waals surface area contributed by atoms with Crippen molar-refractivity contribution in [2.75, 3.05) is 13.2 Å². The number of allylic oxidation sites excluding steroid dienone is 1. The third-order valence-corrected chi connectivity index (χ3v) is 15.7. The summed E-state index contributed by atoms with van der Waals surface area (Å²) >= 11 is 0. The summed E-state index contributed by atoms with van der Waals surface area (Å²) in [7, 11) is 0. The number of aliphatic hydroxyl groups excluding tert-OH is 9. The first-order valence-corrected chi connectivity index (χ1v) is 21.4. The molecule has 0 unspecified atom stereocenters. The zero-order valence-electron chi connectivity index (χ0n) is 34.1. The van der Waals surface area contributed by atoms with E-state index >= 15 is 0 Å². The van der Waals surface area contributed by atoms with E-state index < -0.39 is 123 Å². The molecule has 3 aliphatic heterocycles. The van der Waals surface area contributed by atoms with Crippen molar-refractivity contribution in [1.29, 1.82) is 0 Å². The largest absolute Gasteiger partial charge is 0.431 e. The Morgan fingerprint density at radius 3 is 2.07 bits per heavy atom. The van der Waals surface area contributed by atoms with E-state index in [1.54, 1.807) is 6.26 Å². The van der Waals surface area contributed by atoms with Crippen molar-refractivity contribution >= 4 is 0 Å². The summed E-state index contributed by atoms with van der Waals surface area (Å²) in [5, 5.41) is 109. The number of rotatable bonds is 9. The predicted molar refractivity (Wildman–Crippen MR) is 203 cm³/mol. The quantitative estimate of drug-likeness (QED) is 0.129. The standard InChI is InChI=1S/C42H62O18/c1-18-28(46)31(49)33(51)37(55-18)60-36-32(50)29(47)25(15-43)58-39(36)59-35-30(48)26(16-44)57-38(34(35)52)56-21-8-11-40(2)20(14-21)5-6-24-23(40)9-12-41(3)22(10-13-42(24,41)53)19-4-7-27(45)54-17-19/h4,7,14,17-18,21-26,28-39,43-44,46-53H,5-6,8-13,15-16H2,1-3H3/t18-,21+,22-,23+,24-,25-,26+,28+,29+,30+,31-,32+,33-,34+,35-,36+,37+,38+,39-,40+,41-,42+/m1/s1. The van der Waals surface area contributed by atoms with Crippen molar-refractivity contribution in [2.24, 2.45) is 22.7 Å². The fourth-order valence-electron chi connectivity index (χ4n) is 12.1. The molecule has 8 rings (SSSR count). The van der Waals surface area contributed by atoms with Crippen molar-refractivity contribution < 1.29 is 83.9 Å². The average Bonchev–Trinajstić information content (AvgIpc) is 3.51. The molecular weight excluding hydrogens is 792 g/mol. The van der Waals surface area contributed by atoms with E-state index in [0.717, 1.165) is 44.1 Å². The molecule has 3 saturated heterocycles. The second-order valence-corrected chi connectivity index (χ2v) is 18.7. The van der Waals surface area contributed by atoms with Crippen molar-refractivity contribution in [3.8, 4) is 0 Å². The molecule has 0 bridgehead atoms. The second-order valence-electron chi connectivity index (χ2n) is 18.7. The number of hydrogen-bond acceptors (Lipinski definition) is 18. The highest BCUT2D eigenvalue weighted by atomic mass is 16.8. The van der Waals surface area contributed by atoms with E-state index in [2.05, 4.69) is 19.9 Å². The predicted octanol–water partition coefficient (Wildman–Crippen LogP) is -1.34. The van der Waals surface area contributed by atoms with Crippen molar-refractivity contribution in [3.63, 3.8) is 0 Å². The van der Waals surface area contributed by atoms with Gasteiger partial charge in [-0.3, -0.25) is 0 Å². The SMILES string of the molecule is C[C@H]1O[C@@H](O[C@@H]2[C@@H](O[C@H]3[C@H](O)[C@@H](O[C@@H]4C=C5CC[C@@H]6[C@H](CC[C@]7(C)[C@@H](c8ccc(=O)oc8)CC[C@]67O)[C@@]5(C)CC4)O[C@@H](CO)[C@@H]3O)O[C@H](CO)[C@H](O)[C@@H]2O)[C@H](O)[C@H](O)[C@H]1O. The third-order valence-electron chi connectivity index (χ3n) is 15.7. The highest BCUT2D eigenvalue weighted by Gasteiger charge is 2.67. The minimum absolute atomic E-state index is 0.0673. The fourth-order valence-corrected chi connectivity index (χ4v) is 12.1. The first-order valence-electron chi connectivity index (χ1n) is 21.4. The van der Waals surface area contributed by atoms with Gasteiger partial charge in [0.05, 0.1) is 37.3 Å². The Balaban J connectivity index is 0.977. The maximum atomic E-state index is 12.6. The molecular formula is C42H62O18. The number of hydrogen-bond donors (Lipinski definition) is 10. The number of ether oxygens (including phenoxy) is 6. The Bertz CT molecular complexity index is 1740. The maximum absolute atomic E-state index is 12.6. The van der Waals surface area contributed by atoms with Gasteiger partial charge in [0.2, 0.25) is 0 Å². The third kappa shape index (κ3) is 7.35. The Kier molecular flexibility index (Phi) is 12.6. The minimum atomic E-state index is -1.84. The van der Waals surface area contributed by atoms with Gasteiger partial charge in [-0.1, -0.05) is 25.5 Å². The Morgan fingerprint density at radius 2 is 1.37 bits per heavy atom. The van der Waals surface area contributed by atoms with Crippen LogP contribution in [0.3, 0.4) is 0 Å². The lowest BCUT2D eigenvalue weighted by Crippen LogP contribution is -2.67. The highest BCUT2D eigenvalue weighted by Crippen LogP contribution is 2.70. The summed E-state index contributed by atoms with van der Waals surface area (Å²) in [6, 6.07) is 3.27. The molecule has 1 aromatic rings. The van der Waals surface area contributed by atoms with Gasteiger partial charge in [0, 0.05) is 11.5 Å². The summed E-state index contributed by atoms with van der Waals surface area (Å²) in [6.07, 6.45) is -14.8. The molecule has 7 aliphatic rings. The van der Waals surface area contributed by atoms with Crippen LogP contribution in [-0.4, -0.2) is 168 Å². The van der Waals surface area contributed by atoms with Crippen molar-refractivity contribution in [2.45, 2.75) is 182 Å². The molecule has 0 amide bonds. The first kappa shape index (κ1) is 44.6. The lowest BCUT2D eigenvalue weighted by atomic mass is 9.45. The monoisotopic (exact) mass is 854 g/mol. The zero-order chi connectivity index (χ0) is 43.1. The van der Waals surface area contributed by atoms with Gasteiger partial charge < -0.3 is 83.9 Å². The van der Waals surface area contributed by atoms with Gasteiger partial charge in [0.1, 0.15) is 67.1 Å². The summed E-state index contributed by atoms with van der Waals surface area (Å²) < 4.78 is 40.7. The van der Waals surface area contributed by atoms with Gasteiger partial charge in [-0.15, -0.1) is 0 Å². The molecule has 0 radical (unpaired) electrons. The maximum Gasteiger partial charge on any atom is 0.335 e. The van der Waals surface area contributed by atoms with Crippen LogP contribution in [-0.2, 0) is 28.4 Å². The number of fused-ring (bicyclic) bond motifs is 5. The van der Waals surface area contributed by atoms with Gasteiger partial charge >= 0.3 is 5.63 Å². The molecule has 0 spiro atoms. The second kappa shape index (κ2) is 16.9. The highest BCUT2D eigenvalue weighted by molar-refractivity contribution is 5.31. The molecule has 22 atom stereocenters. The zero-order valence-corrected chi connectivity index (χ0v) is 34.1. The van der Waals surface area contributed by atoms with Crippen LogP contribution in [0.1, 0.15) is 83.6 Å². The smallest absolute Gasteiger partial charge is 0.335 e. The van der Waals surface area contributed by atoms with E-state index in [4.69, 9.17) is 32.8 Å². The van der Waals surface area contributed by atoms with Crippen molar-refractivity contribution in [3.05, 3.63) is 46.0 Å². The van der Waals surface area contributed by atoms with Gasteiger partial charge in [-0.2, -0.15) is 0 Å². The Labute approximate surface area is 347 Å². The average molecular weight is 855 g/mol. The van der Waals surface area contributed by atoms with Crippen LogP contribution in [0.2, 0.25) is 0 Å². The van der Waals surface area contributed by atoms with Gasteiger partial charge in [-0.05, 0) is 93.1 Å². The fraction of sp³-hybridized carbons (Fsp3) is 0.833. The van der Waals surface area contributed by atoms with E-state index in [1.165, 1.54) is 18.6 Å². The normalized spacial score (nSPS) is 51.9. The van der Waals surface area contributed by atoms with Crippen LogP contribution in [0.5, 0.6) is 0 Å². The van der Waals surface area contributed by atoms with Crippen LogP contribution >= 0.6 is 0 Å². The molecule has 338 valence electrons. The molecule has 1 aromatic heterocycles. The summed E-state index contributed by atoms with van der Waals surface area (Å²) in [5.74, 6) is 0.351. The van der Waals surface area contributed by atoms with Gasteiger partial charge in [-0.25, -0.2) is 4.79 Å². The molecule has 60 heavy (non-hydrogen) atoms. The molecule has 18 heteroatoms. The van der Waals surface area contributed by atoms with E-state index in [9.17, 15) is 55.9 Å². The van der Waals surface area contributed by atoms with Crippen LogP contribution in [0.15, 0.2) is 39.3 Å². The molecule has 10 N–H and O–H groups in total.